The SMILES string of the molecule is Cc1ccc(NS(=O)(=O)Cc2nnc(CS(=O)(=O)[C@H]3CNN=C3C(=O)c3ccc(C)cc3)o2)cc1. The van der Waals surface area contributed by atoms with Crippen LogP contribution in [-0.4, -0.2) is 50.3 Å². The topological polar surface area (TPSA) is 161 Å². The van der Waals surface area contributed by atoms with E-state index in [4.69, 9.17) is 4.42 Å². The molecule has 0 amide bonds. The average Bonchev–Trinajstić information content (AvgIpc) is 3.45. The zero-order chi connectivity index (χ0) is 25.2. The highest BCUT2D eigenvalue weighted by atomic mass is 32.2. The zero-order valence-electron chi connectivity index (χ0n) is 18.9. The number of hydrazone groups is 1. The van der Waals surface area contributed by atoms with Crippen molar-refractivity contribution >= 4 is 37.0 Å². The second kappa shape index (κ2) is 9.58. The highest BCUT2D eigenvalue weighted by Crippen LogP contribution is 2.19. The zero-order valence-corrected chi connectivity index (χ0v) is 20.6. The number of hydrogen-bond donors (Lipinski definition) is 2. The Kier molecular flexibility index (Phi) is 6.72. The minimum atomic E-state index is -3.98. The third-order valence-electron chi connectivity index (χ3n) is 5.23. The van der Waals surface area contributed by atoms with Gasteiger partial charge in [0.05, 0.1) is 6.54 Å². The quantitative estimate of drug-likeness (QED) is 0.403. The molecule has 2 heterocycles. The van der Waals surface area contributed by atoms with Crippen molar-refractivity contribution < 1.29 is 26.0 Å². The largest absolute Gasteiger partial charge is 0.423 e. The van der Waals surface area contributed by atoms with Gasteiger partial charge in [0.1, 0.15) is 22.5 Å². The van der Waals surface area contributed by atoms with E-state index in [0.717, 1.165) is 11.1 Å². The molecule has 1 aliphatic heterocycles. The van der Waals surface area contributed by atoms with Crippen LogP contribution < -0.4 is 10.1 Å². The van der Waals surface area contributed by atoms with Crippen LogP contribution in [-0.2, 0) is 31.4 Å². The molecule has 0 aliphatic carbocycles. The van der Waals surface area contributed by atoms with E-state index in [9.17, 15) is 21.6 Å². The van der Waals surface area contributed by atoms with Crippen molar-refractivity contribution in [3.05, 3.63) is 77.0 Å². The predicted octanol–water partition coefficient (Wildman–Crippen LogP) is 1.75. The molecule has 0 saturated carbocycles. The number of ketones is 1. The predicted molar refractivity (Wildman–Crippen MR) is 129 cm³/mol. The number of rotatable bonds is 9. The van der Waals surface area contributed by atoms with Crippen LogP contribution >= 0.6 is 0 Å². The number of nitrogens with zero attached hydrogens (tertiary/aromatic N) is 3. The monoisotopic (exact) mass is 517 g/mol. The summed E-state index contributed by atoms with van der Waals surface area (Å²) in [6, 6.07) is 13.5. The van der Waals surface area contributed by atoms with Gasteiger partial charge in [0, 0.05) is 11.3 Å². The lowest BCUT2D eigenvalue weighted by atomic mass is 10.0. The molecule has 0 spiro atoms. The Hall–Kier alpha value is -3.58. The van der Waals surface area contributed by atoms with Gasteiger partial charge in [0.2, 0.25) is 27.6 Å². The number of hydrogen-bond acceptors (Lipinski definition) is 10. The van der Waals surface area contributed by atoms with Gasteiger partial charge in [-0.3, -0.25) is 9.52 Å². The van der Waals surface area contributed by atoms with Gasteiger partial charge in [0.15, 0.2) is 9.84 Å². The van der Waals surface area contributed by atoms with Crippen LogP contribution in [0.2, 0.25) is 0 Å². The fourth-order valence-corrected chi connectivity index (χ4v) is 5.91. The molecule has 1 aromatic heterocycles. The molecule has 11 nitrogen and oxygen atoms in total. The number of carbonyl (C=O) groups is 1. The third kappa shape index (κ3) is 5.92. The van der Waals surface area contributed by atoms with Crippen LogP contribution in [0.25, 0.3) is 0 Å². The lowest BCUT2D eigenvalue weighted by Gasteiger charge is -2.11. The van der Waals surface area contributed by atoms with Crippen LogP contribution in [0.15, 0.2) is 58.0 Å². The molecule has 2 N–H and O–H groups in total. The lowest BCUT2D eigenvalue weighted by Crippen LogP contribution is -2.36. The van der Waals surface area contributed by atoms with E-state index in [2.05, 4.69) is 25.4 Å². The molecule has 0 fully saturated rings. The number of aryl methyl sites for hydroxylation is 2. The number of benzene rings is 2. The second-order valence-corrected chi connectivity index (χ2v) is 12.1. The Morgan fingerprint density at radius 3 is 2.14 bits per heavy atom. The van der Waals surface area contributed by atoms with Gasteiger partial charge in [-0.05, 0) is 26.0 Å². The summed E-state index contributed by atoms with van der Waals surface area (Å²) in [5.41, 5.74) is 5.08. The standard InChI is InChI=1S/C22H23N5O6S2/c1-14-3-7-16(8-4-14)22(28)21-18(11-23-26-21)34(29,30)12-19-24-25-20(33-19)13-35(31,32)27-17-9-5-15(2)6-10-17/h3-10,18,23,27H,11-13H2,1-2H3/t18-/m0/s1. The highest BCUT2D eigenvalue weighted by molar-refractivity contribution is 7.92. The van der Waals surface area contributed by atoms with E-state index < -0.39 is 42.4 Å². The molecule has 0 bridgehead atoms. The number of carbonyl (C=O) groups excluding carboxylic acids is 1. The molecule has 0 unspecified atom stereocenters. The van der Waals surface area contributed by atoms with Crippen molar-refractivity contribution in [1.29, 1.82) is 0 Å². The van der Waals surface area contributed by atoms with Crippen LogP contribution in [0, 0.1) is 13.8 Å². The van der Waals surface area contributed by atoms with Crippen LogP contribution in [0.5, 0.6) is 0 Å². The van der Waals surface area contributed by atoms with Gasteiger partial charge in [-0.15, -0.1) is 10.2 Å². The van der Waals surface area contributed by atoms with Gasteiger partial charge in [-0.25, -0.2) is 16.8 Å². The number of sulfonamides is 1. The minimum Gasteiger partial charge on any atom is -0.423 e. The maximum atomic E-state index is 13.0. The second-order valence-electron chi connectivity index (χ2n) is 8.17. The van der Waals surface area contributed by atoms with E-state index in [0.29, 0.717) is 11.3 Å². The van der Waals surface area contributed by atoms with Crippen LogP contribution in [0.4, 0.5) is 5.69 Å². The molecular formula is C22H23N5O6S2. The van der Waals surface area contributed by atoms with Gasteiger partial charge < -0.3 is 9.84 Å². The van der Waals surface area contributed by atoms with Crippen molar-refractivity contribution in [2.45, 2.75) is 30.6 Å². The molecule has 35 heavy (non-hydrogen) atoms. The van der Waals surface area contributed by atoms with E-state index >= 15 is 0 Å². The summed E-state index contributed by atoms with van der Waals surface area (Å²) in [5, 5.41) is 10.0. The summed E-state index contributed by atoms with van der Waals surface area (Å²) in [4.78, 5) is 12.8. The Balaban J connectivity index is 1.44. The molecule has 13 heteroatoms. The minimum absolute atomic E-state index is 0.0783. The smallest absolute Gasteiger partial charge is 0.241 e. The first kappa shape index (κ1) is 24.5. The highest BCUT2D eigenvalue weighted by Gasteiger charge is 2.39. The molecule has 2 aromatic carbocycles. The fourth-order valence-electron chi connectivity index (χ4n) is 3.41. The normalized spacial score (nSPS) is 15.9. The third-order valence-corrected chi connectivity index (χ3v) is 8.31. The maximum absolute atomic E-state index is 13.0. The Bertz CT molecular complexity index is 1480. The summed E-state index contributed by atoms with van der Waals surface area (Å²) in [5.74, 6) is -2.33. The van der Waals surface area contributed by atoms with E-state index in [1.165, 1.54) is 0 Å². The van der Waals surface area contributed by atoms with Crippen LogP contribution in [0.1, 0.15) is 33.3 Å². The van der Waals surface area contributed by atoms with Gasteiger partial charge in [-0.1, -0.05) is 47.5 Å². The first-order valence-corrected chi connectivity index (χ1v) is 13.9. The van der Waals surface area contributed by atoms with Crippen LogP contribution in [0.3, 0.4) is 0 Å². The maximum Gasteiger partial charge on any atom is 0.241 e. The first-order chi connectivity index (χ1) is 16.5. The summed E-state index contributed by atoms with van der Waals surface area (Å²) in [7, 11) is -7.85. The van der Waals surface area contributed by atoms with E-state index in [1.807, 2.05) is 13.8 Å². The average molecular weight is 518 g/mol. The van der Waals surface area contributed by atoms with Crippen molar-refractivity contribution in [2.24, 2.45) is 5.10 Å². The van der Waals surface area contributed by atoms with Gasteiger partial charge >= 0.3 is 0 Å². The number of aromatic nitrogens is 2. The summed E-state index contributed by atoms with van der Waals surface area (Å²) in [6.07, 6.45) is 0. The summed E-state index contributed by atoms with van der Waals surface area (Å²) in [6.45, 7) is 3.67. The fraction of sp³-hybridized carbons (Fsp3) is 0.273. The molecule has 4 rings (SSSR count). The molecule has 184 valence electrons. The molecule has 3 aromatic rings. The van der Waals surface area contributed by atoms with Crippen molar-refractivity contribution in [1.82, 2.24) is 15.6 Å². The Labute approximate surface area is 202 Å². The molecular weight excluding hydrogens is 494 g/mol. The van der Waals surface area contributed by atoms with Crippen molar-refractivity contribution in [3.63, 3.8) is 0 Å². The molecule has 1 atom stereocenters. The number of nitrogens with one attached hydrogen (secondary N) is 2. The molecule has 1 aliphatic rings. The van der Waals surface area contributed by atoms with Crippen molar-refractivity contribution in [3.8, 4) is 0 Å². The van der Waals surface area contributed by atoms with E-state index in [-0.39, 0.29) is 24.0 Å². The summed E-state index contributed by atoms with van der Waals surface area (Å²) >= 11 is 0. The Morgan fingerprint density at radius 2 is 1.51 bits per heavy atom. The lowest BCUT2D eigenvalue weighted by molar-refractivity contribution is 0.106. The van der Waals surface area contributed by atoms with Gasteiger partial charge in [0.25, 0.3) is 0 Å². The Morgan fingerprint density at radius 1 is 0.943 bits per heavy atom. The van der Waals surface area contributed by atoms with Crippen molar-refractivity contribution in [2.75, 3.05) is 11.3 Å². The van der Waals surface area contributed by atoms with Gasteiger partial charge in [-0.2, -0.15) is 5.10 Å². The first-order valence-electron chi connectivity index (χ1n) is 10.5. The molecule has 0 saturated heterocycles. The molecule has 0 radical (unpaired) electrons. The number of sulfone groups is 1. The van der Waals surface area contributed by atoms with E-state index in [1.54, 1.807) is 48.5 Å². The summed E-state index contributed by atoms with van der Waals surface area (Å²) < 4.78 is 58.6. The number of anilines is 1. The number of Topliss-reactive ketones (excluding diaryl/α,β-unsaturated/α-hetero) is 1.